The van der Waals surface area contributed by atoms with Crippen molar-refractivity contribution in [2.75, 3.05) is 4.90 Å². The van der Waals surface area contributed by atoms with Crippen molar-refractivity contribution in [2.45, 2.75) is 55.9 Å². The van der Waals surface area contributed by atoms with Crippen molar-refractivity contribution in [2.24, 2.45) is 0 Å². The van der Waals surface area contributed by atoms with Crippen LogP contribution < -0.4 is 4.90 Å². The van der Waals surface area contributed by atoms with E-state index in [4.69, 9.17) is 0 Å². The normalized spacial score (nSPS) is 27.8. The lowest BCUT2D eigenvalue weighted by molar-refractivity contribution is -0.141. The van der Waals surface area contributed by atoms with E-state index in [1.807, 2.05) is 48.2 Å². The van der Waals surface area contributed by atoms with E-state index in [1.54, 1.807) is 6.07 Å². The fraction of sp³-hybridized carbons (Fsp3) is 0.391. The van der Waals surface area contributed by atoms with Crippen LogP contribution in [0.25, 0.3) is 0 Å². The van der Waals surface area contributed by atoms with Crippen LogP contribution >= 0.6 is 0 Å². The average molecular weight is 361 g/mol. The van der Waals surface area contributed by atoms with Crippen LogP contribution in [0.5, 0.6) is 0 Å². The Balaban J connectivity index is 1.87. The van der Waals surface area contributed by atoms with Gasteiger partial charge in [0.1, 0.15) is 5.92 Å². The fourth-order valence-electron chi connectivity index (χ4n) is 6.21. The Morgan fingerprint density at radius 2 is 1.70 bits per heavy atom. The summed E-state index contributed by atoms with van der Waals surface area (Å²) >= 11 is 0. The molecule has 27 heavy (non-hydrogen) atoms. The maximum atomic E-state index is 13.6. The van der Waals surface area contributed by atoms with Crippen LogP contribution in [0, 0.1) is 0 Å². The van der Waals surface area contributed by atoms with E-state index in [-0.39, 0.29) is 11.3 Å². The van der Waals surface area contributed by atoms with Crippen LogP contribution in [0.3, 0.4) is 0 Å². The third kappa shape index (κ3) is 1.83. The van der Waals surface area contributed by atoms with Gasteiger partial charge in [0.15, 0.2) is 0 Å². The predicted octanol–water partition coefficient (Wildman–Crippen LogP) is 4.49. The standard InChI is InChI=1S/C23H23NO3/c1-22-19(21(26)27)15-9-3-4-10-16(15)20(25)24(22)18-12-6-5-11-17(18)23(22)13-7-2-8-14-23/h3-6,9-12,19H,2,7-8,13-14H2,1H3,(H,26,27)/t19-,22+/m1/s1. The molecule has 1 saturated carbocycles. The maximum absolute atomic E-state index is 13.6. The second kappa shape index (κ2) is 5.44. The number of rotatable bonds is 1. The van der Waals surface area contributed by atoms with Gasteiger partial charge in [-0.25, -0.2) is 0 Å². The number of amides is 1. The van der Waals surface area contributed by atoms with Crippen molar-refractivity contribution in [3.8, 4) is 0 Å². The number of carboxylic acids is 1. The second-order valence-electron chi connectivity index (χ2n) is 8.31. The average Bonchev–Trinajstić information content (AvgIpc) is 2.88. The van der Waals surface area contributed by atoms with Gasteiger partial charge >= 0.3 is 5.97 Å². The van der Waals surface area contributed by atoms with Gasteiger partial charge in [-0.2, -0.15) is 0 Å². The van der Waals surface area contributed by atoms with Gasteiger partial charge in [-0.1, -0.05) is 55.7 Å². The Labute approximate surface area is 158 Å². The number of para-hydroxylation sites is 1. The maximum Gasteiger partial charge on any atom is 0.313 e. The van der Waals surface area contributed by atoms with Crippen molar-refractivity contribution in [3.63, 3.8) is 0 Å². The number of hydrogen-bond donors (Lipinski definition) is 1. The molecule has 0 unspecified atom stereocenters. The van der Waals surface area contributed by atoms with Crippen LogP contribution in [-0.4, -0.2) is 22.5 Å². The highest BCUT2D eigenvalue weighted by Gasteiger charge is 2.67. The molecule has 1 fully saturated rings. The number of benzene rings is 2. The summed E-state index contributed by atoms with van der Waals surface area (Å²) in [5, 5.41) is 10.3. The van der Waals surface area contributed by atoms with E-state index < -0.39 is 17.4 Å². The zero-order valence-electron chi connectivity index (χ0n) is 15.4. The molecule has 1 N–H and O–H groups in total. The van der Waals surface area contributed by atoms with E-state index in [0.717, 1.165) is 36.9 Å². The van der Waals surface area contributed by atoms with Gasteiger partial charge < -0.3 is 10.0 Å². The molecule has 0 bridgehead atoms. The number of fused-ring (bicyclic) bond motifs is 6. The fourth-order valence-corrected chi connectivity index (χ4v) is 6.21. The summed E-state index contributed by atoms with van der Waals surface area (Å²) in [6, 6.07) is 15.3. The molecule has 2 heterocycles. The molecule has 4 nitrogen and oxygen atoms in total. The lowest BCUT2D eigenvalue weighted by atomic mass is 9.54. The summed E-state index contributed by atoms with van der Waals surface area (Å²) in [5.74, 6) is -1.65. The third-order valence-electron chi connectivity index (χ3n) is 7.32. The number of carboxylic acid groups (broad SMARTS) is 1. The lowest BCUT2D eigenvalue weighted by Crippen LogP contribution is -2.65. The molecule has 1 spiro atoms. The first kappa shape index (κ1) is 16.5. The van der Waals surface area contributed by atoms with Crippen molar-refractivity contribution < 1.29 is 14.7 Å². The number of hydrogen-bond acceptors (Lipinski definition) is 2. The highest BCUT2D eigenvalue weighted by molar-refractivity contribution is 6.13. The quantitative estimate of drug-likeness (QED) is 0.814. The Hall–Kier alpha value is -2.62. The molecule has 2 aromatic carbocycles. The van der Waals surface area contributed by atoms with Crippen molar-refractivity contribution in [1.29, 1.82) is 0 Å². The number of anilines is 1. The van der Waals surface area contributed by atoms with Crippen LogP contribution in [-0.2, 0) is 10.2 Å². The Kier molecular flexibility index (Phi) is 3.34. The minimum absolute atomic E-state index is 0.0690. The van der Waals surface area contributed by atoms with Crippen molar-refractivity contribution in [1.82, 2.24) is 0 Å². The van der Waals surface area contributed by atoms with Crippen LogP contribution in [0.2, 0.25) is 0 Å². The van der Waals surface area contributed by atoms with Crippen LogP contribution in [0.1, 0.15) is 66.4 Å². The zero-order chi connectivity index (χ0) is 18.8. The molecule has 2 aromatic rings. The number of nitrogens with zero attached hydrogens (tertiary/aromatic N) is 1. The number of aliphatic carboxylic acids is 1. The van der Waals surface area contributed by atoms with E-state index in [1.165, 1.54) is 6.42 Å². The molecule has 0 aromatic heterocycles. The first-order valence-corrected chi connectivity index (χ1v) is 9.78. The Bertz CT molecular complexity index is 960. The summed E-state index contributed by atoms with van der Waals surface area (Å²) in [4.78, 5) is 28.0. The second-order valence-corrected chi connectivity index (χ2v) is 8.31. The number of carbonyl (C=O) groups excluding carboxylic acids is 1. The molecule has 0 saturated heterocycles. The van der Waals surface area contributed by atoms with Gasteiger partial charge in [-0.3, -0.25) is 9.59 Å². The Morgan fingerprint density at radius 1 is 1.04 bits per heavy atom. The van der Waals surface area contributed by atoms with E-state index in [2.05, 4.69) is 6.07 Å². The number of carbonyl (C=O) groups is 2. The summed E-state index contributed by atoms with van der Waals surface area (Å²) in [5.41, 5.74) is 2.12. The van der Waals surface area contributed by atoms with Gasteiger partial charge in [0, 0.05) is 16.7 Å². The largest absolute Gasteiger partial charge is 0.481 e. The predicted molar refractivity (Wildman–Crippen MR) is 103 cm³/mol. The SMILES string of the molecule is C[C@@]12[C@@H](C(=O)O)c3ccccc3C(=O)N1c1ccccc1C21CCCCC1. The van der Waals surface area contributed by atoms with E-state index in [9.17, 15) is 14.7 Å². The van der Waals surface area contributed by atoms with Gasteiger partial charge in [-0.15, -0.1) is 0 Å². The summed E-state index contributed by atoms with van der Waals surface area (Å²) in [7, 11) is 0. The van der Waals surface area contributed by atoms with E-state index in [0.29, 0.717) is 11.1 Å². The molecule has 1 aliphatic carbocycles. The highest BCUT2D eigenvalue weighted by Crippen LogP contribution is 2.64. The topological polar surface area (TPSA) is 57.6 Å². The molecule has 5 rings (SSSR count). The molecular weight excluding hydrogens is 338 g/mol. The molecular formula is C23H23NO3. The van der Waals surface area contributed by atoms with Crippen molar-refractivity contribution >= 4 is 17.6 Å². The van der Waals surface area contributed by atoms with Crippen LogP contribution in [0.15, 0.2) is 48.5 Å². The minimum atomic E-state index is -0.847. The summed E-state index contributed by atoms with van der Waals surface area (Å²) < 4.78 is 0. The van der Waals surface area contributed by atoms with Gasteiger partial charge in [0.2, 0.25) is 0 Å². The summed E-state index contributed by atoms with van der Waals surface area (Å²) in [6.07, 6.45) is 5.16. The van der Waals surface area contributed by atoms with Gasteiger partial charge in [-0.05, 0) is 43.0 Å². The smallest absolute Gasteiger partial charge is 0.313 e. The molecule has 2 aliphatic heterocycles. The van der Waals surface area contributed by atoms with Gasteiger partial charge in [0.25, 0.3) is 5.91 Å². The molecule has 4 heteroatoms. The first-order chi connectivity index (χ1) is 13.0. The van der Waals surface area contributed by atoms with Crippen LogP contribution in [0.4, 0.5) is 5.69 Å². The third-order valence-corrected chi connectivity index (χ3v) is 7.32. The first-order valence-electron chi connectivity index (χ1n) is 9.78. The molecule has 1 amide bonds. The zero-order valence-corrected chi connectivity index (χ0v) is 15.4. The minimum Gasteiger partial charge on any atom is -0.481 e. The van der Waals surface area contributed by atoms with Crippen molar-refractivity contribution in [3.05, 3.63) is 65.2 Å². The molecule has 2 atom stereocenters. The van der Waals surface area contributed by atoms with Gasteiger partial charge in [0.05, 0.1) is 5.54 Å². The Morgan fingerprint density at radius 3 is 2.44 bits per heavy atom. The molecule has 0 radical (unpaired) electrons. The molecule has 3 aliphatic rings. The lowest BCUT2D eigenvalue weighted by Gasteiger charge is -2.54. The molecule has 138 valence electrons. The highest BCUT2D eigenvalue weighted by atomic mass is 16.4. The van der Waals surface area contributed by atoms with E-state index >= 15 is 0 Å². The summed E-state index contributed by atoms with van der Waals surface area (Å²) in [6.45, 7) is 2.02. The monoisotopic (exact) mass is 361 g/mol.